The fourth-order valence-corrected chi connectivity index (χ4v) is 1.87. The van der Waals surface area contributed by atoms with Gasteiger partial charge in [0.05, 0.1) is 5.56 Å². The van der Waals surface area contributed by atoms with Crippen molar-refractivity contribution in [2.24, 2.45) is 0 Å². The van der Waals surface area contributed by atoms with E-state index in [-0.39, 0.29) is 5.82 Å². The molecular weight excluding hydrogens is 275 g/mol. The van der Waals surface area contributed by atoms with Crippen LogP contribution in [-0.4, -0.2) is 21.6 Å². The lowest BCUT2D eigenvalue weighted by molar-refractivity contribution is -0.141. The highest BCUT2D eigenvalue weighted by Crippen LogP contribution is 2.31. The maximum Gasteiger partial charge on any atom is 0.417 e. The van der Waals surface area contributed by atoms with Gasteiger partial charge in [-0.05, 0) is 32.1 Å². The standard InChI is InChI=1S/C12H12F3N3O2/c1-7-5-11(2,10(19)20)17-18(7)9-4-3-8(6-16-9)12(13,14)15/h3-6,17H,1-2H3,(H,19,20). The molecule has 0 saturated heterocycles. The number of alkyl halides is 3. The van der Waals surface area contributed by atoms with E-state index in [4.69, 9.17) is 5.11 Å². The van der Waals surface area contributed by atoms with Gasteiger partial charge in [0.25, 0.3) is 0 Å². The molecule has 1 aliphatic heterocycles. The SMILES string of the molecule is CC1=CC(C)(C(=O)O)NN1c1ccc(C(F)(F)F)cn1. The molecule has 20 heavy (non-hydrogen) atoms. The van der Waals surface area contributed by atoms with Crippen molar-refractivity contribution in [2.45, 2.75) is 25.6 Å². The molecule has 108 valence electrons. The van der Waals surface area contributed by atoms with E-state index in [1.54, 1.807) is 6.92 Å². The van der Waals surface area contributed by atoms with Crippen LogP contribution < -0.4 is 10.4 Å². The molecule has 1 aliphatic rings. The summed E-state index contributed by atoms with van der Waals surface area (Å²) in [6.45, 7) is 3.09. The van der Waals surface area contributed by atoms with Gasteiger partial charge >= 0.3 is 12.1 Å². The molecular formula is C12H12F3N3O2. The number of rotatable bonds is 2. The highest BCUT2D eigenvalue weighted by Gasteiger charge is 2.39. The molecule has 1 aromatic rings. The summed E-state index contributed by atoms with van der Waals surface area (Å²) in [6, 6.07) is 2.08. The fraction of sp³-hybridized carbons (Fsp3) is 0.333. The number of hydrogen-bond acceptors (Lipinski definition) is 4. The van der Waals surface area contributed by atoms with Gasteiger partial charge in [0, 0.05) is 11.9 Å². The van der Waals surface area contributed by atoms with Crippen molar-refractivity contribution in [3.8, 4) is 0 Å². The number of carboxylic acids is 1. The molecule has 8 heteroatoms. The Labute approximate surface area is 112 Å². The van der Waals surface area contributed by atoms with Crippen LogP contribution in [0.2, 0.25) is 0 Å². The normalized spacial score (nSPS) is 22.9. The molecule has 0 amide bonds. The molecule has 1 unspecified atom stereocenters. The number of allylic oxidation sites excluding steroid dienone is 1. The van der Waals surface area contributed by atoms with Crippen molar-refractivity contribution in [3.05, 3.63) is 35.7 Å². The molecule has 0 aliphatic carbocycles. The Bertz CT molecular complexity index is 568. The first-order chi connectivity index (χ1) is 9.13. The van der Waals surface area contributed by atoms with Crippen molar-refractivity contribution in [1.82, 2.24) is 10.4 Å². The molecule has 0 fully saturated rings. The number of carboxylic acid groups (broad SMARTS) is 1. The van der Waals surface area contributed by atoms with E-state index in [1.807, 2.05) is 0 Å². The zero-order valence-electron chi connectivity index (χ0n) is 10.7. The zero-order chi connectivity index (χ0) is 15.1. The predicted octanol–water partition coefficient (Wildman–Crippen LogP) is 2.17. The summed E-state index contributed by atoms with van der Waals surface area (Å²) in [4.78, 5) is 14.8. The Kier molecular flexibility index (Phi) is 3.21. The molecule has 2 heterocycles. The van der Waals surface area contributed by atoms with Crippen molar-refractivity contribution in [2.75, 3.05) is 5.01 Å². The van der Waals surface area contributed by atoms with Gasteiger partial charge in [0.1, 0.15) is 5.82 Å². The summed E-state index contributed by atoms with van der Waals surface area (Å²) in [5.41, 5.74) is 1.06. The first-order valence-electron chi connectivity index (χ1n) is 5.67. The Morgan fingerprint density at radius 1 is 1.45 bits per heavy atom. The lowest BCUT2D eigenvalue weighted by Gasteiger charge is -2.24. The number of aromatic nitrogens is 1. The minimum atomic E-state index is -4.45. The monoisotopic (exact) mass is 287 g/mol. The van der Waals surface area contributed by atoms with E-state index in [1.165, 1.54) is 24.1 Å². The maximum absolute atomic E-state index is 12.4. The number of nitrogens with one attached hydrogen (secondary N) is 1. The molecule has 1 aromatic heterocycles. The topological polar surface area (TPSA) is 65.5 Å². The maximum atomic E-state index is 12.4. The first-order valence-corrected chi connectivity index (χ1v) is 5.67. The number of pyridine rings is 1. The van der Waals surface area contributed by atoms with E-state index >= 15 is 0 Å². The summed E-state index contributed by atoms with van der Waals surface area (Å²) in [5, 5.41) is 10.4. The number of nitrogens with zero attached hydrogens (tertiary/aromatic N) is 2. The van der Waals surface area contributed by atoms with Gasteiger partial charge in [-0.1, -0.05) is 0 Å². The van der Waals surface area contributed by atoms with Crippen LogP contribution in [0.25, 0.3) is 0 Å². The quantitative estimate of drug-likeness (QED) is 0.872. The van der Waals surface area contributed by atoms with Gasteiger partial charge in [0.15, 0.2) is 5.54 Å². The first kappa shape index (κ1) is 14.3. The van der Waals surface area contributed by atoms with Gasteiger partial charge in [0.2, 0.25) is 0 Å². The third kappa shape index (κ3) is 2.46. The summed E-state index contributed by atoms with van der Waals surface area (Å²) in [7, 11) is 0. The highest BCUT2D eigenvalue weighted by molar-refractivity contribution is 5.83. The summed E-state index contributed by atoms with van der Waals surface area (Å²) >= 11 is 0. The molecule has 2 rings (SSSR count). The number of aliphatic carboxylic acids is 1. The second-order valence-corrected chi connectivity index (χ2v) is 4.64. The average Bonchev–Trinajstić information content (AvgIpc) is 2.65. The van der Waals surface area contributed by atoms with E-state index in [0.29, 0.717) is 11.9 Å². The minimum absolute atomic E-state index is 0.191. The van der Waals surface area contributed by atoms with Crippen LogP contribution in [-0.2, 0) is 11.0 Å². The van der Waals surface area contributed by atoms with E-state index in [0.717, 1.165) is 6.07 Å². The van der Waals surface area contributed by atoms with Crippen LogP contribution in [0.15, 0.2) is 30.1 Å². The van der Waals surface area contributed by atoms with E-state index < -0.39 is 23.2 Å². The highest BCUT2D eigenvalue weighted by atomic mass is 19.4. The minimum Gasteiger partial charge on any atom is -0.480 e. The second kappa shape index (κ2) is 4.48. The summed E-state index contributed by atoms with van der Waals surface area (Å²) in [6.07, 6.45) is -2.28. The third-order valence-corrected chi connectivity index (χ3v) is 2.94. The average molecular weight is 287 g/mol. The Morgan fingerprint density at radius 2 is 2.10 bits per heavy atom. The van der Waals surface area contributed by atoms with Crippen LogP contribution in [0, 0.1) is 0 Å². The Balaban J connectivity index is 2.27. The van der Waals surface area contributed by atoms with Crippen molar-refractivity contribution in [1.29, 1.82) is 0 Å². The van der Waals surface area contributed by atoms with Crippen LogP contribution in [0.4, 0.5) is 19.0 Å². The van der Waals surface area contributed by atoms with Gasteiger partial charge < -0.3 is 5.11 Å². The van der Waals surface area contributed by atoms with Gasteiger partial charge in [-0.15, -0.1) is 0 Å². The predicted molar refractivity (Wildman–Crippen MR) is 64.7 cm³/mol. The number of carbonyl (C=O) groups is 1. The van der Waals surface area contributed by atoms with Gasteiger partial charge in [-0.2, -0.15) is 13.2 Å². The Hall–Kier alpha value is -2.09. The Morgan fingerprint density at radius 3 is 2.50 bits per heavy atom. The van der Waals surface area contributed by atoms with Crippen molar-refractivity contribution < 1.29 is 23.1 Å². The number of hydrazine groups is 1. The number of anilines is 1. The lowest BCUT2D eigenvalue weighted by atomic mass is 10.0. The van der Waals surface area contributed by atoms with Crippen molar-refractivity contribution in [3.63, 3.8) is 0 Å². The second-order valence-electron chi connectivity index (χ2n) is 4.64. The zero-order valence-corrected chi connectivity index (χ0v) is 10.7. The van der Waals surface area contributed by atoms with Gasteiger partial charge in [-0.25, -0.2) is 15.2 Å². The van der Waals surface area contributed by atoms with E-state index in [2.05, 4.69) is 10.4 Å². The van der Waals surface area contributed by atoms with Crippen LogP contribution >= 0.6 is 0 Å². The van der Waals surface area contributed by atoms with Crippen molar-refractivity contribution >= 4 is 11.8 Å². The molecule has 0 bridgehead atoms. The molecule has 0 spiro atoms. The molecule has 0 radical (unpaired) electrons. The van der Waals surface area contributed by atoms with E-state index in [9.17, 15) is 18.0 Å². The fourth-order valence-electron chi connectivity index (χ4n) is 1.87. The van der Waals surface area contributed by atoms with Crippen LogP contribution in [0.3, 0.4) is 0 Å². The molecule has 0 aromatic carbocycles. The number of hydrogen-bond donors (Lipinski definition) is 2. The van der Waals surface area contributed by atoms with Crippen LogP contribution in [0.5, 0.6) is 0 Å². The third-order valence-electron chi connectivity index (χ3n) is 2.94. The summed E-state index contributed by atoms with van der Waals surface area (Å²) in [5.74, 6) is -0.900. The van der Waals surface area contributed by atoms with Crippen LogP contribution in [0.1, 0.15) is 19.4 Å². The summed E-state index contributed by atoms with van der Waals surface area (Å²) < 4.78 is 37.3. The van der Waals surface area contributed by atoms with Gasteiger partial charge in [-0.3, -0.25) is 5.01 Å². The molecule has 2 N–H and O–H groups in total. The molecule has 5 nitrogen and oxygen atoms in total. The number of halogens is 3. The molecule has 0 saturated carbocycles. The smallest absolute Gasteiger partial charge is 0.417 e. The largest absolute Gasteiger partial charge is 0.480 e. The lowest BCUT2D eigenvalue weighted by Crippen LogP contribution is -2.50. The molecule has 1 atom stereocenters.